The van der Waals surface area contributed by atoms with E-state index in [0.29, 0.717) is 13.1 Å². The van der Waals surface area contributed by atoms with Gasteiger partial charge in [-0.15, -0.1) is 0 Å². The predicted molar refractivity (Wildman–Crippen MR) is 60.6 cm³/mol. The van der Waals surface area contributed by atoms with Gasteiger partial charge < -0.3 is 4.90 Å². The fourth-order valence-electron chi connectivity index (χ4n) is 1.34. The summed E-state index contributed by atoms with van der Waals surface area (Å²) in [5, 5.41) is 0. The average molecular weight is 222 g/mol. The summed E-state index contributed by atoms with van der Waals surface area (Å²) in [6.45, 7) is 8.46. The lowest BCUT2D eigenvalue weighted by atomic mass is 10.2. The van der Waals surface area contributed by atoms with Crippen LogP contribution >= 0.6 is 0 Å². The first-order valence-corrected chi connectivity index (χ1v) is 5.10. The third-order valence-electron chi connectivity index (χ3n) is 2.06. The van der Waals surface area contributed by atoms with Crippen LogP contribution in [0.4, 0.5) is 4.39 Å². The Hall–Kier alpha value is -1.71. The molecular formula is C12H15FN2O. The molecule has 1 aromatic heterocycles. The first-order valence-electron chi connectivity index (χ1n) is 5.10. The number of hydrogen-bond donors (Lipinski definition) is 0. The highest BCUT2D eigenvalue weighted by Gasteiger charge is 2.15. The minimum absolute atomic E-state index is 0.128. The number of carbonyl (C=O) groups excluding carboxylic acids is 1. The van der Waals surface area contributed by atoms with Crippen LogP contribution in [0.25, 0.3) is 0 Å². The van der Waals surface area contributed by atoms with Crippen molar-refractivity contribution in [2.75, 3.05) is 13.1 Å². The lowest BCUT2D eigenvalue weighted by Crippen LogP contribution is -2.32. The fraction of sp³-hybridized carbons (Fsp3) is 0.333. The van der Waals surface area contributed by atoms with Gasteiger partial charge in [-0.2, -0.15) is 4.39 Å². The van der Waals surface area contributed by atoms with Crippen molar-refractivity contribution in [2.24, 2.45) is 0 Å². The first-order chi connectivity index (χ1) is 7.54. The summed E-state index contributed by atoms with van der Waals surface area (Å²) in [6.07, 6.45) is 0. The third-order valence-corrected chi connectivity index (χ3v) is 2.06. The number of hydrogen-bond acceptors (Lipinski definition) is 2. The third kappa shape index (κ3) is 3.15. The second kappa shape index (κ2) is 5.39. The van der Waals surface area contributed by atoms with Gasteiger partial charge in [-0.1, -0.05) is 18.2 Å². The maximum Gasteiger partial charge on any atom is 0.272 e. The number of rotatable bonds is 4. The number of aromatic nitrogens is 1. The van der Waals surface area contributed by atoms with E-state index in [2.05, 4.69) is 11.6 Å². The molecule has 0 saturated carbocycles. The van der Waals surface area contributed by atoms with Gasteiger partial charge in [-0.3, -0.25) is 4.79 Å². The first kappa shape index (κ1) is 12.4. The number of likely N-dealkylation sites (N-methyl/N-ethyl adjacent to an activating group) is 1. The van der Waals surface area contributed by atoms with Crippen molar-refractivity contribution in [2.45, 2.75) is 13.8 Å². The van der Waals surface area contributed by atoms with E-state index < -0.39 is 5.95 Å². The molecule has 0 radical (unpaired) electrons. The molecule has 0 spiro atoms. The molecule has 0 unspecified atom stereocenters. The largest absolute Gasteiger partial charge is 0.334 e. The van der Waals surface area contributed by atoms with Crippen LogP contribution in [-0.2, 0) is 0 Å². The van der Waals surface area contributed by atoms with Gasteiger partial charge in [0.05, 0.1) is 0 Å². The molecule has 0 aromatic carbocycles. The van der Waals surface area contributed by atoms with Gasteiger partial charge in [-0.05, 0) is 26.0 Å². The maximum absolute atomic E-state index is 12.9. The summed E-state index contributed by atoms with van der Waals surface area (Å²) in [7, 11) is 0. The molecule has 0 aliphatic rings. The topological polar surface area (TPSA) is 33.2 Å². The Morgan fingerprint density at radius 3 is 2.75 bits per heavy atom. The quantitative estimate of drug-likeness (QED) is 0.578. The smallest absolute Gasteiger partial charge is 0.272 e. The van der Waals surface area contributed by atoms with Crippen LogP contribution in [0.15, 0.2) is 30.4 Å². The molecule has 3 nitrogen and oxygen atoms in total. The Kier molecular flexibility index (Phi) is 4.17. The van der Waals surface area contributed by atoms with Crippen LogP contribution in [0.1, 0.15) is 24.3 Å². The zero-order chi connectivity index (χ0) is 12.1. The summed E-state index contributed by atoms with van der Waals surface area (Å²) in [6, 6.07) is 4.20. The van der Waals surface area contributed by atoms with Crippen molar-refractivity contribution in [3.63, 3.8) is 0 Å². The molecule has 16 heavy (non-hydrogen) atoms. The van der Waals surface area contributed by atoms with E-state index in [1.54, 1.807) is 4.90 Å². The van der Waals surface area contributed by atoms with Crippen LogP contribution < -0.4 is 0 Å². The number of carbonyl (C=O) groups is 1. The molecule has 0 fully saturated rings. The summed E-state index contributed by atoms with van der Waals surface area (Å²) in [4.78, 5) is 17.1. The van der Waals surface area contributed by atoms with E-state index in [4.69, 9.17) is 0 Å². The van der Waals surface area contributed by atoms with E-state index in [1.165, 1.54) is 18.2 Å². The molecule has 0 aliphatic carbocycles. The Labute approximate surface area is 94.6 Å². The normalized spacial score (nSPS) is 9.94. The minimum Gasteiger partial charge on any atom is -0.334 e. The van der Waals surface area contributed by atoms with Crippen molar-refractivity contribution in [1.82, 2.24) is 9.88 Å². The molecule has 0 saturated heterocycles. The molecule has 1 aromatic rings. The monoisotopic (exact) mass is 222 g/mol. The fourth-order valence-corrected chi connectivity index (χ4v) is 1.34. The van der Waals surface area contributed by atoms with Gasteiger partial charge >= 0.3 is 0 Å². The predicted octanol–water partition coefficient (Wildman–Crippen LogP) is 2.26. The Morgan fingerprint density at radius 2 is 2.25 bits per heavy atom. The maximum atomic E-state index is 12.9. The highest BCUT2D eigenvalue weighted by molar-refractivity contribution is 5.92. The van der Waals surface area contributed by atoms with Gasteiger partial charge in [0.15, 0.2) is 0 Å². The number of pyridine rings is 1. The van der Waals surface area contributed by atoms with Gasteiger partial charge in [0.2, 0.25) is 5.95 Å². The lowest BCUT2D eigenvalue weighted by Gasteiger charge is -2.20. The SMILES string of the molecule is C=C(C)CN(CC)C(=O)c1cccc(F)n1. The van der Waals surface area contributed by atoms with Crippen molar-refractivity contribution >= 4 is 5.91 Å². The van der Waals surface area contributed by atoms with E-state index in [1.807, 2.05) is 13.8 Å². The molecule has 1 heterocycles. The minimum atomic E-state index is -0.641. The van der Waals surface area contributed by atoms with Crippen LogP contribution in [0.2, 0.25) is 0 Å². The van der Waals surface area contributed by atoms with Crippen LogP contribution in [-0.4, -0.2) is 28.9 Å². The summed E-state index contributed by atoms with van der Waals surface area (Å²) in [5.41, 5.74) is 1.01. The van der Waals surface area contributed by atoms with E-state index in [-0.39, 0.29) is 11.6 Å². The number of halogens is 1. The van der Waals surface area contributed by atoms with Crippen LogP contribution in [0, 0.1) is 5.95 Å². The van der Waals surface area contributed by atoms with Crippen molar-refractivity contribution in [3.8, 4) is 0 Å². The molecular weight excluding hydrogens is 207 g/mol. The Balaban J connectivity index is 2.86. The molecule has 0 N–H and O–H groups in total. The standard InChI is InChI=1S/C12H15FN2O/c1-4-15(8-9(2)3)12(16)10-6-5-7-11(13)14-10/h5-7H,2,4,8H2,1,3H3. The van der Waals surface area contributed by atoms with Crippen molar-refractivity contribution in [3.05, 3.63) is 42.0 Å². The van der Waals surface area contributed by atoms with E-state index in [0.717, 1.165) is 5.57 Å². The highest BCUT2D eigenvalue weighted by Crippen LogP contribution is 2.05. The number of amides is 1. The van der Waals surface area contributed by atoms with Gasteiger partial charge in [0.25, 0.3) is 5.91 Å². The van der Waals surface area contributed by atoms with E-state index in [9.17, 15) is 9.18 Å². The number of nitrogens with zero attached hydrogens (tertiary/aromatic N) is 2. The zero-order valence-corrected chi connectivity index (χ0v) is 9.53. The average Bonchev–Trinajstić information content (AvgIpc) is 2.24. The Morgan fingerprint density at radius 1 is 1.56 bits per heavy atom. The van der Waals surface area contributed by atoms with Gasteiger partial charge in [0, 0.05) is 13.1 Å². The highest BCUT2D eigenvalue weighted by atomic mass is 19.1. The molecule has 4 heteroatoms. The second-order valence-corrected chi connectivity index (χ2v) is 3.62. The van der Waals surface area contributed by atoms with Gasteiger partial charge in [-0.25, -0.2) is 4.98 Å². The summed E-state index contributed by atoms with van der Waals surface area (Å²) < 4.78 is 12.9. The van der Waals surface area contributed by atoms with Crippen LogP contribution in [0.5, 0.6) is 0 Å². The molecule has 0 atom stereocenters. The van der Waals surface area contributed by atoms with Crippen molar-refractivity contribution < 1.29 is 9.18 Å². The van der Waals surface area contributed by atoms with Gasteiger partial charge in [0.1, 0.15) is 5.69 Å². The molecule has 86 valence electrons. The zero-order valence-electron chi connectivity index (χ0n) is 9.53. The van der Waals surface area contributed by atoms with Crippen molar-refractivity contribution in [1.29, 1.82) is 0 Å². The second-order valence-electron chi connectivity index (χ2n) is 3.62. The molecule has 0 bridgehead atoms. The Bertz CT molecular complexity index is 404. The van der Waals surface area contributed by atoms with E-state index >= 15 is 0 Å². The molecule has 1 rings (SSSR count). The molecule has 1 amide bonds. The summed E-state index contributed by atoms with van der Waals surface area (Å²) >= 11 is 0. The lowest BCUT2D eigenvalue weighted by molar-refractivity contribution is 0.0771. The summed E-state index contributed by atoms with van der Waals surface area (Å²) in [5.74, 6) is -0.915. The van der Waals surface area contributed by atoms with Crippen LogP contribution in [0.3, 0.4) is 0 Å². The molecule has 0 aliphatic heterocycles.